The van der Waals surface area contributed by atoms with Crippen LogP contribution >= 0.6 is 0 Å². The summed E-state index contributed by atoms with van der Waals surface area (Å²) in [6.07, 6.45) is -0.0609. The Labute approximate surface area is 147 Å². The second-order valence-electron chi connectivity index (χ2n) is 6.41. The molecule has 1 heterocycles. The molecule has 0 aromatic heterocycles. The molecule has 1 saturated heterocycles. The van der Waals surface area contributed by atoms with E-state index in [1.165, 1.54) is 0 Å². The monoisotopic (exact) mass is 338 g/mol. The lowest BCUT2D eigenvalue weighted by atomic mass is 10.0. The summed E-state index contributed by atoms with van der Waals surface area (Å²) in [5.41, 5.74) is 1.65. The maximum absolute atomic E-state index is 12.9. The Morgan fingerprint density at radius 3 is 2.20 bits per heavy atom. The van der Waals surface area contributed by atoms with Crippen LogP contribution in [0.5, 0.6) is 0 Å². The first-order valence-electron chi connectivity index (χ1n) is 8.45. The van der Waals surface area contributed by atoms with Gasteiger partial charge in [-0.05, 0) is 31.2 Å². The smallest absolute Gasteiger partial charge is 0.305 e. The highest BCUT2D eigenvalue weighted by atomic mass is 16.4. The van der Waals surface area contributed by atoms with Gasteiger partial charge in [-0.3, -0.25) is 9.59 Å². The third-order valence-electron chi connectivity index (χ3n) is 4.62. The van der Waals surface area contributed by atoms with Gasteiger partial charge in [-0.15, -0.1) is 0 Å². The lowest BCUT2D eigenvalue weighted by molar-refractivity contribution is -0.138. The van der Waals surface area contributed by atoms with Gasteiger partial charge in [0.2, 0.25) is 0 Å². The number of carbonyl (C=O) groups is 2. The van der Waals surface area contributed by atoms with Crippen molar-refractivity contribution in [2.45, 2.75) is 25.4 Å². The van der Waals surface area contributed by atoms with E-state index >= 15 is 0 Å². The molecule has 3 rings (SSSR count). The van der Waals surface area contributed by atoms with Gasteiger partial charge in [-0.1, -0.05) is 36.4 Å². The topological polar surface area (TPSA) is 60.9 Å². The van der Waals surface area contributed by atoms with Gasteiger partial charge in [0.25, 0.3) is 5.91 Å². The molecule has 1 aliphatic rings. The summed E-state index contributed by atoms with van der Waals surface area (Å²) in [7, 11) is 0. The largest absolute Gasteiger partial charge is 0.481 e. The maximum Gasteiger partial charge on any atom is 0.305 e. The number of hydrogen-bond donors (Lipinski definition) is 1. The van der Waals surface area contributed by atoms with Crippen LogP contribution in [0.1, 0.15) is 23.7 Å². The summed E-state index contributed by atoms with van der Waals surface area (Å²) < 4.78 is 0. The SMILES string of the molecule is C[C@H]1CN(C(=O)c2ccccc2)[C@@H](CC(=O)O)CN1c1ccccc1. The Hall–Kier alpha value is -2.82. The normalized spacial score (nSPS) is 20.4. The number of para-hydroxylation sites is 1. The predicted molar refractivity (Wildman–Crippen MR) is 96.8 cm³/mol. The molecule has 25 heavy (non-hydrogen) atoms. The molecule has 0 spiro atoms. The zero-order valence-corrected chi connectivity index (χ0v) is 14.2. The summed E-state index contributed by atoms with van der Waals surface area (Å²) in [5, 5.41) is 9.30. The predicted octanol–water partition coefficient (Wildman–Crippen LogP) is 2.88. The van der Waals surface area contributed by atoms with Crippen molar-refractivity contribution in [1.82, 2.24) is 4.90 Å². The number of anilines is 1. The van der Waals surface area contributed by atoms with Crippen molar-refractivity contribution in [2.75, 3.05) is 18.0 Å². The highest BCUT2D eigenvalue weighted by Gasteiger charge is 2.36. The van der Waals surface area contributed by atoms with Crippen molar-refractivity contribution in [3.05, 3.63) is 66.2 Å². The van der Waals surface area contributed by atoms with E-state index < -0.39 is 5.97 Å². The molecule has 0 radical (unpaired) electrons. The summed E-state index contributed by atoms with van der Waals surface area (Å²) >= 11 is 0. The second kappa shape index (κ2) is 7.38. The van der Waals surface area contributed by atoms with Gasteiger partial charge in [-0.25, -0.2) is 0 Å². The van der Waals surface area contributed by atoms with E-state index in [0.717, 1.165) is 5.69 Å². The lowest BCUT2D eigenvalue weighted by Crippen LogP contribution is -2.59. The van der Waals surface area contributed by atoms with E-state index in [-0.39, 0.29) is 24.4 Å². The van der Waals surface area contributed by atoms with Crippen LogP contribution in [0.15, 0.2) is 60.7 Å². The van der Waals surface area contributed by atoms with E-state index in [4.69, 9.17) is 0 Å². The van der Waals surface area contributed by atoms with E-state index in [1.54, 1.807) is 17.0 Å². The Kier molecular flexibility index (Phi) is 5.03. The number of aliphatic carboxylic acids is 1. The minimum Gasteiger partial charge on any atom is -0.481 e. The van der Waals surface area contributed by atoms with Crippen molar-refractivity contribution in [1.29, 1.82) is 0 Å². The molecule has 1 fully saturated rings. The van der Waals surface area contributed by atoms with Crippen LogP contribution in [-0.2, 0) is 4.79 Å². The number of rotatable bonds is 4. The molecule has 5 nitrogen and oxygen atoms in total. The fraction of sp³-hybridized carbons (Fsp3) is 0.300. The molecule has 1 amide bonds. The Balaban J connectivity index is 1.86. The number of benzene rings is 2. The zero-order valence-electron chi connectivity index (χ0n) is 14.2. The van der Waals surface area contributed by atoms with E-state index in [9.17, 15) is 14.7 Å². The van der Waals surface area contributed by atoms with Crippen LogP contribution in [0.4, 0.5) is 5.69 Å². The van der Waals surface area contributed by atoms with Gasteiger partial charge in [0.05, 0.1) is 12.5 Å². The average molecular weight is 338 g/mol. The minimum atomic E-state index is -0.890. The van der Waals surface area contributed by atoms with Gasteiger partial charge in [0, 0.05) is 30.4 Å². The summed E-state index contributed by atoms with van der Waals surface area (Å²) in [4.78, 5) is 28.1. The first-order chi connectivity index (χ1) is 12.1. The van der Waals surface area contributed by atoms with Crippen LogP contribution in [0.25, 0.3) is 0 Å². The van der Waals surface area contributed by atoms with Crippen molar-refractivity contribution < 1.29 is 14.7 Å². The van der Waals surface area contributed by atoms with Crippen LogP contribution in [0, 0.1) is 0 Å². The van der Waals surface area contributed by atoms with Crippen LogP contribution < -0.4 is 4.90 Å². The van der Waals surface area contributed by atoms with Gasteiger partial charge >= 0.3 is 5.97 Å². The number of piperazine rings is 1. The maximum atomic E-state index is 12.9. The summed E-state index contributed by atoms with van der Waals surface area (Å²) in [5.74, 6) is -0.996. The van der Waals surface area contributed by atoms with Crippen LogP contribution in [-0.4, -0.2) is 47.1 Å². The molecule has 0 aliphatic carbocycles. The quantitative estimate of drug-likeness (QED) is 0.931. The number of carboxylic acid groups (broad SMARTS) is 1. The molecule has 1 N–H and O–H groups in total. The fourth-order valence-corrected chi connectivity index (χ4v) is 3.39. The van der Waals surface area contributed by atoms with Crippen molar-refractivity contribution in [2.24, 2.45) is 0 Å². The third-order valence-corrected chi connectivity index (χ3v) is 4.62. The molecule has 0 unspecified atom stereocenters. The minimum absolute atomic E-state index is 0.0609. The van der Waals surface area contributed by atoms with Crippen molar-refractivity contribution in [3.63, 3.8) is 0 Å². The standard InChI is InChI=1S/C20H22N2O3/c1-15-13-22(20(25)16-8-4-2-5-9-16)18(12-19(23)24)14-21(15)17-10-6-3-7-11-17/h2-11,15,18H,12-14H2,1H3,(H,23,24)/t15-,18-/m0/s1. The Morgan fingerprint density at radius 2 is 1.60 bits per heavy atom. The molecular weight excluding hydrogens is 316 g/mol. The van der Waals surface area contributed by atoms with Gasteiger partial charge in [0.15, 0.2) is 0 Å². The van der Waals surface area contributed by atoms with E-state index in [2.05, 4.69) is 11.8 Å². The fourth-order valence-electron chi connectivity index (χ4n) is 3.39. The van der Waals surface area contributed by atoms with E-state index in [0.29, 0.717) is 18.7 Å². The number of carboxylic acids is 1. The molecule has 5 heteroatoms. The average Bonchev–Trinajstić information content (AvgIpc) is 2.63. The lowest BCUT2D eigenvalue weighted by Gasteiger charge is -2.46. The summed E-state index contributed by atoms with van der Waals surface area (Å²) in [6.45, 7) is 3.08. The number of carbonyl (C=O) groups excluding carboxylic acids is 1. The molecule has 2 atom stereocenters. The molecular formula is C20H22N2O3. The molecule has 0 saturated carbocycles. The number of nitrogens with zero attached hydrogens (tertiary/aromatic N) is 2. The highest BCUT2D eigenvalue weighted by Crippen LogP contribution is 2.25. The van der Waals surface area contributed by atoms with Crippen molar-refractivity contribution in [3.8, 4) is 0 Å². The second-order valence-corrected chi connectivity index (χ2v) is 6.41. The van der Waals surface area contributed by atoms with Gasteiger partial charge < -0.3 is 14.9 Å². The molecule has 2 aromatic carbocycles. The van der Waals surface area contributed by atoms with Crippen LogP contribution in [0.3, 0.4) is 0 Å². The first kappa shape index (κ1) is 17.0. The van der Waals surface area contributed by atoms with Crippen LogP contribution in [0.2, 0.25) is 0 Å². The Morgan fingerprint density at radius 1 is 1.00 bits per heavy atom. The molecule has 0 bridgehead atoms. The molecule has 130 valence electrons. The summed E-state index contributed by atoms with van der Waals surface area (Å²) in [6, 6.07) is 18.7. The Bertz CT molecular complexity index is 733. The molecule has 2 aromatic rings. The number of amides is 1. The van der Waals surface area contributed by atoms with Gasteiger partial charge in [-0.2, -0.15) is 0 Å². The van der Waals surface area contributed by atoms with E-state index in [1.807, 2.05) is 48.5 Å². The molecule has 1 aliphatic heterocycles. The third kappa shape index (κ3) is 3.82. The number of hydrogen-bond acceptors (Lipinski definition) is 3. The van der Waals surface area contributed by atoms with Crippen molar-refractivity contribution >= 4 is 17.6 Å². The zero-order chi connectivity index (χ0) is 17.8. The van der Waals surface area contributed by atoms with Gasteiger partial charge in [0.1, 0.15) is 0 Å². The first-order valence-corrected chi connectivity index (χ1v) is 8.45. The highest BCUT2D eigenvalue weighted by molar-refractivity contribution is 5.95.